The van der Waals surface area contributed by atoms with Gasteiger partial charge in [0.2, 0.25) is 0 Å². The van der Waals surface area contributed by atoms with Crippen LogP contribution >= 0.6 is 23.8 Å². The molecular weight excluding hydrogens is 426 g/mol. The van der Waals surface area contributed by atoms with Crippen LogP contribution in [-0.4, -0.2) is 37.4 Å². The van der Waals surface area contributed by atoms with Gasteiger partial charge in [-0.25, -0.2) is 0 Å². The number of nitrogens with one attached hydrogen (secondary N) is 1. The van der Waals surface area contributed by atoms with E-state index in [0.29, 0.717) is 28.1 Å². The molecule has 1 heterocycles. The van der Waals surface area contributed by atoms with Crippen molar-refractivity contribution in [3.8, 4) is 11.5 Å². The van der Waals surface area contributed by atoms with Crippen LogP contribution in [0.5, 0.6) is 11.5 Å². The van der Waals surface area contributed by atoms with Gasteiger partial charge < -0.3 is 24.3 Å². The lowest BCUT2D eigenvalue weighted by Gasteiger charge is -2.24. The molecule has 0 amide bonds. The summed E-state index contributed by atoms with van der Waals surface area (Å²) in [5.74, 6) is 0.772. The normalized spacial score (nSPS) is 18.1. The highest BCUT2D eigenvalue weighted by Gasteiger charge is 2.33. The van der Waals surface area contributed by atoms with Crippen molar-refractivity contribution in [3.63, 3.8) is 0 Å². The molecule has 30 heavy (non-hydrogen) atoms. The highest BCUT2D eigenvalue weighted by Crippen LogP contribution is 2.44. The number of carbonyl (C=O) groups excluding carboxylic acids is 1. The fourth-order valence-electron chi connectivity index (χ4n) is 3.36. The molecular formula is C22H24ClNO5S. The average Bonchev–Trinajstić information content (AvgIpc) is 2.85. The number of rotatable bonds is 7. The summed E-state index contributed by atoms with van der Waals surface area (Å²) in [6.07, 6.45) is -1.29. The van der Waals surface area contributed by atoms with Crippen molar-refractivity contribution >= 4 is 40.5 Å². The average molecular weight is 450 g/mol. The maximum Gasteiger partial charge on any atom is 0.308 e. The molecule has 0 bridgehead atoms. The van der Waals surface area contributed by atoms with Crippen molar-refractivity contribution in [2.24, 2.45) is 0 Å². The summed E-state index contributed by atoms with van der Waals surface area (Å²) in [5, 5.41) is 3.75. The molecule has 2 aromatic rings. The molecule has 2 unspecified atom stereocenters. The lowest BCUT2D eigenvalue weighted by molar-refractivity contribution is -0.145. The van der Waals surface area contributed by atoms with Gasteiger partial charge in [-0.05, 0) is 38.1 Å². The van der Waals surface area contributed by atoms with E-state index in [2.05, 4.69) is 5.32 Å². The van der Waals surface area contributed by atoms with Crippen molar-refractivity contribution in [2.75, 3.05) is 25.6 Å². The van der Waals surface area contributed by atoms with Crippen molar-refractivity contribution in [3.05, 3.63) is 52.5 Å². The van der Waals surface area contributed by atoms with Crippen molar-refractivity contribution in [2.45, 2.75) is 32.5 Å². The Morgan fingerprint density at radius 2 is 2.00 bits per heavy atom. The van der Waals surface area contributed by atoms with Gasteiger partial charge in [0.25, 0.3) is 0 Å². The predicted octanol–water partition coefficient (Wildman–Crippen LogP) is 4.93. The van der Waals surface area contributed by atoms with E-state index in [4.69, 9.17) is 42.8 Å². The van der Waals surface area contributed by atoms with Crippen LogP contribution in [0, 0.1) is 0 Å². The zero-order valence-electron chi connectivity index (χ0n) is 17.1. The number of benzene rings is 2. The number of fused-ring (bicyclic) bond motifs is 1. The lowest BCUT2D eigenvalue weighted by atomic mass is 9.98. The quantitative estimate of drug-likeness (QED) is 0.475. The van der Waals surface area contributed by atoms with Gasteiger partial charge in [0.15, 0.2) is 11.5 Å². The Hall–Kier alpha value is -2.35. The van der Waals surface area contributed by atoms with E-state index >= 15 is 0 Å². The lowest BCUT2D eigenvalue weighted by Crippen LogP contribution is -2.31. The zero-order chi connectivity index (χ0) is 21.7. The molecule has 8 heteroatoms. The second-order valence-corrected chi connectivity index (χ2v) is 7.42. The van der Waals surface area contributed by atoms with E-state index in [1.807, 2.05) is 37.3 Å². The Kier molecular flexibility index (Phi) is 7.53. The maximum absolute atomic E-state index is 12.1. The topological polar surface area (TPSA) is 66.0 Å². The van der Waals surface area contributed by atoms with E-state index < -0.39 is 12.2 Å². The number of methoxy groups -OCH3 is 1. The largest absolute Gasteiger partial charge is 0.492 e. The van der Waals surface area contributed by atoms with Crippen LogP contribution in [0.15, 0.2) is 36.4 Å². The van der Waals surface area contributed by atoms with Crippen LogP contribution in [-0.2, 0) is 14.3 Å². The second kappa shape index (κ2) is 10.1. The number of esters is 1. The summed E-state index contributed by atoms with van der Waals surface area (Å²) >= 11 is 11.8. The first-order valence-corrected chi connectivity index (χ1v) is 10.5. The first-order valence-electron chi connectivity index (χ1n) is 9.69. The Balaban J connectivity index is 2.10. The van der Waals surface area contributed by atoms with Crippen LogP contribution in [0.4, 0.5) is 5.69 Å². The van der Waals surface area contributed by atoms with Gasteiger partial charge in [-0.3, -0.25) is 4.79 Å². The summed E-state index contributed by atoms with van der Waals surface area (Å²) in [6, 6.07) is 11.0. The highest BCUT2D eigenvalue weighted by molar-refractivity contribution is 7.80. The molecule has 1 aliphatic heterocycles. The summed E-state index contributed by atoms with van der Waals surface area (Å²) < 4.78 is 22.9. The number of para-hydroxylation sites is 1. The van der Waals surface area contributed by atoms with E-state index in [-0.39, 0.29) is 19.0 Å². The molecule has 0 saturated carbocycles. The molecule has 0 spiro atoms. The zero-order valence-corrected chi connectivity index (χ0v) is 18.6. The summed E-state index contributed by atoms with van der Waals surface area (Å²) in [6.45, 7) is 4.44. The third kappa shape index (κ3) is 4.86. The number of carbonyl (C=O) groups is 1. The second-order valence-electron chi connectivity index (χ2n) is 6.55. The van der Waals surface area contributed by atoms with E-state index in [1.54, 1.807) is 20.1 Å². The van der Waals surface area contributed by atoms with Crippen LogP contribution in [0.3, 0.4) is 0 Å². The standard InChI is InChI=1S/C22H24ClNO5S/c1-4-27-17-8-6-7-14(21(17)26-3)20-15-11-13(23)9-10-16(15)24-22(30)18(29-20)12-19(25)28-5-2/h6-11,18,20H,4-5,12H2,1-3H3,(H,24,30). The molecule has 0 aromatic heterocycles. The Bertz CT molecular complexity index is 936. The Morgan fingerprint density at radius 3 is 2.70 bits per heavy atom. The molecule has 0 saturated heterocycles. The van der Waals surface area contributed by atoms with Gasteiger partial charge >= 0.3 is 5.97 Å². The minimum Gasteiger partial charge on any atom is -0.492 e. The molecule has 0 aliphatic carbocycles. The predicted molar refractivity (Wildman–Crippen MR) is 120 cm³/mol. The summed E-state index contributed by atoms with van der Waals surface area (Å²) in [7, 11) is 1.58. The molecule has 6 nitrogen and oxygen atoms in total. The number of thiocarbonyl (C=S) groups is 1. The number of hydrogen-bond donors (Lipinski definition) is 1. The summed E-state index contributed by atoms with van der Waals surface area (Å²) in [4.78, 5) is 12.5. The number of ether oxygens (including phenoxy) is 4. The van der Waals surface area contributed by atoms with Crippen LogP contribution < -0.4 is 14.8 Å². The first kappa shape index (κ1) is 22.3. The van der Waals surface area contributed by atoms with E-state index in [9.17, 15) is 4.79 Å². The molecule has 160 valence electrons. The fraction of sp³-hybridized carbons (Fsp3) is 0.364. The monoisotopic (exact) mass is 449 g/mol. The van der Waals surface area contributed by atoms with Gasteiger partial charge in [-0.15, -0.1) is 0 Å². The summed E-state index contributed by atoms with van der Waals surface area (Å²) in [5.41, 5.74) is 2.28. The molecule has 1 N–H and O–H groups in total. The molecule has 1 aliphatic rings. The Morgan fingerprint density at radius 1 is 1.20 bits per heavy atom. The van der Waals surface area contributed by atoms with Gasteiger partial charge in [0.05, 0.1) is 26.7 Å². The van der Waals surface area contributed by atoms with E-state index in [0.717, 1.165) is 16.8 Å². The third-order valence-electron chi connectivity index (χ3n) is 4.60. The molecule has 2 atom stereocenters. The van der Waals surface area contributed by atoms with E-state index in [1.165, 1.54) is 0 Å². The van der Waals surface area contributed by atoms with Gasteiger partial charge in [0.1, 0.15) is 17.2 Å². The molecule has 0 fully saturated rings. The third-order valence-corrected chi connectivity index (χ3v) is 5.20. The minimum atomic E-state index is -0.685. The molecule has 0 radical (unpaired) electrons. The molecule has 3 rings (SSSR count). The Labute approximate surface area is 186 Å². The fourth-order valence-corrected chi connectivity index (χ4v) is 3.79. The number of anilines is 1. The van der Waals surface area contributed by atoms with Gasteiger partial charge in [-0.1, -0.05) is 36.0 Å². The minimum absolute atomic E-state index is 0.00857. The smallest absolute Gasteiger partial charge is 0.308 e. The van der Waals surface area contributed by atoms with Crippen molar-refractivity contribution < 1.29 is 23.7 Å². The van der Waals surface area contributed by atoms with Crippen LogP contribution in [0.25, 0.3) is 0 Å². The van der Waals surface area contributed by atoms with Crippen LogP contribution in [0.2, 0.25) is 5.02 Å². The SMILES string of the molecule is CCOC(=O)CC1OC(c2cccc(OCC)c2OC)c2cc(Cl)ccc2NC1=S. The molecule has 2 aromatic carbocycles. The maximum atomic E-state index is 12.1. The van der Waals surface area contributed by atoms with Gasteiger partial charge in [0, 0.05) is 21.8 Å². The van der Waals surface area contributed by atoms with Crippen molar-refractivity contribution in [1.29, 1.82) is 0 Å². The van der Waals surface area contributed by atoms with Crippen LogP contribution in [0.1, 0.15) is 37.5 Å². The van der Waals surface area contributed by atoms with Crippen molar-refractivity contribution in [1.82, 2.24) is 0 Å². The number of halogens is 1. The number of hydrogen-bond acceptors (Lipinski definition) is 6. The highest BCUT2D eigenvalue weighted by atomic mass is 35.5. The first-order chi connectivity index (χ1) is 14.5. The van der Waals surface area contributed by atoms with Gasteiger partial charge in [-0.2, -0.15) is 0 Å².